The monoisotopic (exact) mass is 497 g/mol. The molecular weight excluding hydrogens is 466 g/mol. The maximum absolute atomic E-state index is 12.6. The van der Waals surface area contributed by atoms with Gasteiger partial charge in [-0.3, -0.25) is 4.79 Å². The first kappa shape index (κ1) is 26.2. The fourth-order valence-corrected chi connectivity index (χ4v) is 4.04. The van der Waals surface area contributed by atoms with Crippen LogP contribution < -0.4 is 25.4 Å². The Morgan fingerprint density at radius 2 is 1.86 bits per heavy atom. The molecule has 186 valence electrons. The lowest BCUT2D eigenvalue weighted by molar-refractivity contribution is -0.120. The van der Waals surface area contributed by atoms with Gasteiger partial charge in [0, 0.05) is 29.9 Å². The quantitative estimate of drug-likeness (QED) is 0.408. The van der Waals surface area contributed by atoms with Crippen LogP contribution in [0.4, 0.5) is 11.6 Å². The molecule has 1 amide bonds. The van der Waals surface area contributed by atoms with Crippen LogP contribution in [0.2, 0.25) is 0 Å². The topological polar surface area (TPSA) is 97.4 Å². The van der Waals surface area contributed by atoms with Crippen LogP contribution in [0.25, 0.3) is 11.3 Å². The van der Waals surface area contributed by atoms with Crippen molar-refractivity contribution in [2.75, 3.05) is 44.5 Å². The van der Waals surface area contributed by atoms with Crippen LogP contribution in [0.5, 0.6) is 11.5 Å². The van der Waals surface area contributed by atoms with Crippen molar-refractivity contribution in [2.45, 2.75) is 19.3 Å². The number of amides is 1. The zero-order chi connectivity index (χ0) is 23.8. The molecule has 2 heterocycles. The van der Waals surface area contributed by atoms with E-state index >= 15 is 0 Å². The highest BCUT2D eigenvalue weighted by Crippen LogP contribution is 2.28. The van der Waals surface area contributed by atoms with Gasteiger partial charge in [0.1, 0.15) is 0 Å². The molecule has 35 heavy (non-hydrogen) atoms. The molecule has 1 aromatic heterocycles. The molecule has 9 heteroatoms. The fraction of sp³-hybridized carbons (Fsp3) is 0.346. The second kappa shape index (κ2) is 12.9. The van der Waals surface area contributed by atoms with E-state index in [4.69, 9.17) is 9.47 Å². The number of hydrogen-bond donors (Lipinski definition) is 3. The number of halogens is 1. The lowest BCUT2D eigenvalue weighted by atomic mass is 9.97. The highest BCUT2D eigenvalue weighted by atomic mass is 35.5. The maximum atomic E-state index is 12.6. The third kappa shape index (κ3) is 7.07. The second-order valence-electron chi connectivity index (χ2n) is 8.23. The minimum absolute atomic E-state index is 0. The summed E-state index contributed by atoms with van der Waals surface area (Å²) < 4.78 is 10.7. The molecule has 0 bridgehead atoms. The van der Waals surface area contributed by atoms with Gasteiger partial charge in [-0.25, -0.2) is 9.97 Å². The van der Waals surface area contributed by atoms with Crippen molar-refractivity contribution in [3.63, 3.8) is 0 Å². The number of carbonyl (C=O) groups excluding carboxylic acids is 1. The molecule has 3 aromatic rings. The van der Waals surface area contributed by atoms with Crippen molar-refractivity contribution >= 4 is 29.9 Å². The average molecular weight is 498 g/mol. The Labute approximate surface area is 212 Å². The fourth-order valence-electron chi connectivity index (χ4n) is 4.04. The number of nitrogens with zero attached hydrogens (tertiary/aromatic N) is 2. The Morgan fingerprint density at radius 1 is 1.06 bits per heavy atom. The third-order valence-corrected chi connectivity index (χ3v) is 5.94. The molecule has 0 aliphatic carbocycles. The number of hydrogen-bond acceptors (Lipinski definition) is 7. The Bertz CT molecular complexity index is 1120. The van der Waals surface area contributed by atoms with Gasteiger partial charge >= 0.3 is 0 Å². The number of methoxy groups -OCH3 is 2. The summed E-state index contributed by atoms with van der Waals surface area (Å²) in [7, 11) is 3.26. The zero-order valence-electron chi connectivity index (χ0n) is 20.0. The number of carbonyl (C=O) groups is 1. The van der Waals surface area contributed by atoms with Crippen molar-refractivity contribution in [2.24, 2.45) is 5.92 Å². The number of piperidine rings is 1. The Morgan fingerprint density at radius 3 is 2.63 bits per heavy atom. The number of benzene rings is 2. The summed E-state index contributed by atoms with van der Waals surface area (Å²) in [5.74, 6) is 2.13. The van der Waals surface area contributed by atoms with Crippen LogP contribution in [-0.2, 0) is 11.2 Å². The third-order valence-electron chi connectivity index (χ3n) is 5.94. The van der Waals surface area contributed by atoms with Crippen LogP contribution >= 0.6 is 12.4 Å². The van der Waals surface area contributed by atoms with E-state index in [0.29, 0.717) is 24.0 Å². The number of rotatable bonds is 9. The van der Waals surface area contributed by atoms with Gasteiger partial charge < -0.3 is 25.4 Å². The van der Waals surface area contributed by atoms with E-state index in [1.807, 2.05) is 48.5 Å². The molecule has 4 rings (SSSR count). The summed E-state index contributed by atoms with van der Waals surface area (Å²) in [5, 5.41) is 9.64. The molecule has 1 aliphatic rings. The average Bonchev–Trinajstić information content (AvgIpc) is 2.89. The van der Waals surface area contributed by atoms with Gasteiger partial charge in [-0.2, -0.15) is 0 Å². The van der Waals surface area contributed by atoms with Crippen molar-refractivity contribution in [3.8, 4) is 22.8 Å². The highest BCUT2D eigenvalue weighted by molar-refractivity contribution is 5.93. The van der Waals surface area contributed by atoms with Gasteiger partial charge in [0.25, 0.3) is 0 Å². The summed E-state index contributed by atoms with van der Waals surface area (Å²) in [4.78, 5) is 21.6. The number of anilines is 2. The standard InChI is InChI=1S/C26H31N5O3.ClH/c1-33-23-7-6-18(16-24(23)34-2)8-14-28-26-29-15-11-22(31-26)20-4-3-5-21(17-20)30-25(32)19-9-12-27-13-10-19;/h3-7,11,15-17,19,27H,8-10,12-14H2,1-2H3,(H,30,32)(H,28,29,31);1H. The Hall–Kier alpha value is -3.36. The van der Waals surface area contributed by atoms with Gasteiger partial charge in [0.05, 0.1) is 19.9 Å². The molecule has 0 spiro atoms. The predicted octanol–water partition coefficient (Wildman–Crippen LogP) is 4.18. The highest BCUT2D eigenvalue weighted by Gasteiger charge is 2.21. The molecule has 2 aromatic carbocycles. The van der Waals surface area contributed by atoms with Gasteiger partial charge in [-0.1, -0.05) is 18.2 Å². The van der Waals surface area contributed by atoms with Crippen molar-refractivity contribution < 1.29 is 14.3 Å². The van der Waals surface area contributed by atoms with E-state index in [1.165, 1.54) is 0 Å². The summed E-state index contributed by atoms with van der Waals surface area (Å²) in [5.41, 5.74) is 3.62. The van der Waals surface area contributed by atoms with Crippen molar-refractivity contribution in [3.05, 3.63) is 60.3 Å². The van der Waals surface area contributed by atoms with Crippen molar-refractivity contribution in [1.29, 1.82) is 0 Å². The van der Waals surface area contributed by atoms with Crippen molar-refractivity contribution in [1.82, 2.24) is 15.3 Å². The summed E-state index contributed by atoms with van der Waals surface area (Å²) in [6, 6.07) is 15.5. The molecule has 1 fully saturated rings. The van der Waals surface area contributed by atoms with E-state index in [-0.39, 0.29) is 24.2 Å². The van der Waals surface area contributed by atoms with E-state index in [1.54, 1.807) is 20.4 Å². The summed E-state index contributed by atoms with van der Waals surface area (Å²) in [6.45, 7) is 2.45. The van der Waals surface area contributed by atoms with Crippen LogP contribution in [0.15, 0.2) is 54.7 Å². The number of aromatic nitrogens is 2. The predicted molar refractivity (Wildman–Crippen MR) is 141 cm³/mol. The molecule has 8 nitrogen and oxygen atoms in total. The van der Waals surface area contributed by atoms with Crippen LogP contribution in [0, 0.1) is 5.92 Å². The van der Waals surface area contributed by atoms with Crippen LogP contribution in [0.3, 0.4) is 0 Å². The van der Waals surface area contributed by atoms with E-state index in [2.05, 4.69) is 25.9 Å². The SMILES string of the molecule is COc1ccc(CCNc2nccc(-c3cccc(NC(=O)C4CCNCC4)c3)n2)cc1OC.Cl. The maximum Gasteiger partial charge on any atom is 0.227 e. The first-order valence-corrected chi connectivity index (χ1v) is 11.6. The van der Waals surface area contributed by atoms with Gasteiger partial charge in [-0.15, -0.1) is 12.4 Å². The number of ether oxygens (including phenoxy) is 2. The molecular formula is C26H32ClN5O3. The lowest BCUT2D eigenvalue weighted by Gasteiger charge is -2.21. The van der Waals surface area contributed by atoms with E-state index < -0.39 is 0 Å². The molecule has 0 radical (unpaired) electrons. The number of nitrogens with one attached hydrogen (secondary N) is 3. The molecule has 0 saturated carbocycles. The van der Waals surface area contributed by atoms with Gasteiger partial charge in [0.2, 0.25) is 11.9 Å². The van der Waals surface area contributed by atoms with Gasteiger partial charge in [0.15, 0.2) is 11.5 Å². The zero-order valence-corrected chi connectivity index (χ0v) is 20.9. The Balaban J connectivity index is 0.00000342. The Kier molecular flexibility index (Phi) is 9.69. The normalized spacial score (nSPS) is 13.4. The van der Waals surface area contributed by atoms with E-state index in [0.717, 1.165) is 54.9 Å². The van der Waals surface area contributed by atoms with Crippen LogP contribution in [0.1, 0.15) is 18.4 Å². The summed E-state index contributed by atoms with van der Waals surface area (Å²) >= 11 is 0. The minimum Gasteiger partial charge on any atom is -0.493 e. The minimum atomic E-state index is 0. The molecule has 0 atom stereocenters. The first-order valence-electron chi connectivity index (χ1n) is 11.6. The molecule has 0 unspecified atom stereocenters. The van der Waals surface area contributed by atoms with Crippen LogP contribution in [-0.4, -0.2) is 49.7 Å². The van der Waals surface area contributed by atoms with E-state index in [9.17, 15) is 4.79 Å². The smallest absolute Gasteiger partial charge is 0.227 e. The molecule has 1 saturated heterocycles. The second-order valence-corrected chi connectivity index (χ2v) is 8.23. The van der Waals surface area contributed by atoms with Gasteiger partial charge in [-0.05, 0) is 68.2 Å². The molecule has 3 N–H and O–H groups in total. The first-order chi connectivity index (χ1) is 16.7. The lowest BCUT2D eigenvalue weighted by Crippen LogP contribution is -2.34. The summed E-state index contributed by atoms with van der Waals surface area (Å²) in [6.07, 6.45) is 4.26. The molecule has 1 aliphatic heterocycles. The largest absolute Gasteiger partial charge is 0.493 e.